The molecule has 0 saturated heterocycles. The molecule has 136 valence electrons. The van der Waals surface area contributed by atoms with Gasteiger partial charge in [-0.05, 0) is 24.6 Å². The summed E-state index contributed by atoms with van der Waals surface area (Å²) in [5.74, 6) is -4.41. The van der Waals surface area contributed by atoms with Gasteiger partial charge in [0, 0.05) is 35.1 Å². The van der Waals surface area contributed by atoms with E-state index in [-0.39, 0.29) is 23.4 Å². The highest BCUT2D eigenvalue weighted by atomic mass is 19.4. The SMILES string of the molecule is OCc1cc(-n2cc(C(F)(F)F)c3c2CCC(F)(F)C3O)ccc1F. The van der Waals surface area contributed by atoms with Crippen LogP contribution in [0.5, 0.6) is 0 Å². The number of aromatic nitrogens is 1. The van der Waals surface area contributed by atoms with Gasteiger partial charge in [0.1, 0.15) is 11.9 Å². The van der Waals surface area contributed by atoms with Crippen LogP contribution in [0.1, 0.15) is 34.9 Å². The van der Waals surface area contributed by atoms with Crippen molar-refractivity contribution in [3.63, 3.8) is 0 Å². The summed E-state index contributed by atoms with van der Waals surface area (Å²) < 4.78 is 81.8. The summed E-state index contributed by atoms with van der Waals surface area (Å²) in [4.78, 5) is 0. The van der Waals surface area contributed by atoms with E-state index in [0.29, 0.717) is 6.20 Å². The summed E-state index contributed by atoms with van der Waals surface area (Å²) in [5, 5.41) is 18.9. The lowest BCUT2D eigenvalue weighted by Crippen LogP contribution is -2.33. The van der Waals surface area contributed by atoms with Gasteiger partial charge < -0.3 is 14.8 Å². The maximum absolute atomic E-state index is 13.7. The van der Waals surface area contributed by atoms with E-state index < -0.39 is 48.2 Å². The lowest BCUT2D eigenvalue weighted by atomic mass is 9.89. The van der Waals surface area contributed by atoms with Crippen LogP contribution in [-0.2, 0) is 19.2 Å². The molecule has 9 heteroatoms. The Morgan fingerprint density at radius 2 is 1.92 bits per heavy atom. The molecule has 1 heterocycles. The Balaban J connectivity index is 2.24. The van der Waals surface area contributed by atoms with Crippen molar-refractivity contribution in [1.82, 2.24) is 4.57 Å². The van der Waals surface area contributed by atoms with Crippen LogP contribution in [0, 0.1) is 5.82 Å². The molecule has 2 aromatic rings. The summed E-state index contributed by atoms with van der Waals surface area (Å²) in [6.45, 7) is -0.671. The smallest absolute Gasteiger partial charge is 0.392 e. The molecule has 1 aromatic carbocycles. The first-order chi connectivity index (χ1) is 11.6. The first kappa shape index (κ1) is 17.8. The molecule has 1 atom stereocenters. The van der Waals surface area contributed by atoms with Crippen molar-refractivity contribution in [3.05, 3.63) is 52.6 Å². The topological polar surface area (TPSA) is 45.4 Å². The molecule has 3 nitrogen and oxygen atoms in total. The minimum atomic E-state index is -4.94. The van der Waals surface area contributed by atoms with Crippen molar-refractivity contribution < 1.29 is 36.6 Å². The molecule has 2 N–H and O–H groups in total. The minimum absolute atomic E-state index is 0.0783. The predicted octanol–water partition coefficient (Wildman–Crippen LogP) is 3.74. The standard InChI is InChI=1S/C16H13F6NO2/c17-11-2-1-9(5-8(11)7-24)23-6-10(16(20,21)22)13-12(23)3-4-15(18,19)14(13)25/h1-2,5-6,14,24-25H,3-4,7H2. The number of benzene rings is 1. The molecule has 3 rings (SSSR count). The van der Waals surface area contributed by atoms with Crippen molar-refractivity contribution in [2.45, 2.75) is 37.7 Å². The van der Waals surface area contributed by atoms with Gasteiger partial charge in [-0.15, -0.1) is 0 Å². The fourth-order valence-corrected chi connectivity index (χ4v) is 3.04. The van der Waals surface area contributed by atoms with E-state index in [1.54, 1.807) is 0 Å². The Morgan fingerprint density at radius 3 is 2.52 bits per heavy atom. The lowest BCUT2D eigenvalue weighted by molar-refractivity contribution is -0.147. The summed E-state index contributed by atoms with van der Waals surface area (Å²) in [5.41, 5.74) is -2.39. The number of nitrogens with zero attached hydrogens (tertiary/aromatic N) is 1. The van der Waals surface area contributed by atoms with E-state index in [0.717, 1.165) is 16.7 Å². The van der Waals surface area contributed by atoms with Gasteiger partial charge in [-0.2, -0.15) is 13.2 Å². The molecule has 0 fully saturated rings. The average molecular weight is 365 g/mol. The lowest BCUT2D eigenvalue weighted by Gasteiger charge is -2.29. The van der Waals surface area contributed by atoms with E-state index in [4.69, 9.17) is 5.11 Å². The number of aliphatic hydroxyl groups excluding tert-OH is 2. The normalized spacial score (nSPS) is 19.8. The molecule has 0 saturated carbocycles. The van der Waals surface area contributed by atoms with Gasteiger partial charge in [0.05, 0.1) is 12.2 Å². The fraction of sp³-hybridized carbons (Fsp3) is 0.375. The van der Waals surface area contributed by atoms with E-state index in [1.165, 1.54) is 6.07 Å². The zero-order valence-corrected chi connectivity index (χ0v) is 12.6. The fourth-order valence-electron chi connectivity index (χ4n) is 3.04. The molecule has 0 amide bonds. The molecule has 25 heavy (non-hydrogen) atoms. The predicted molar refractivity (Wildman–Crippen MR) is 74.9 cm³/mol. The minimum Gasteiger partial charge on any atom is -0.392 e. The quantitative estimate of drug-likeness (QED) is 0.797. The third kappa shape index (κ3) is 2.91. The summed E-state index contributed by atoms with van der Waals surface area (Å²) >= 11 is 0. The van der Waals surface area contributed by atoms with Crippen molar-refractivity contribution >= 4 is 0 Å². The van der Waals surface area contributed by atoms with Crippen LogP contribution in [0.25, 0.3) is 5.69 Å². The van der Waals surface area contributed by atoms with Gasteiger partial charge >= 0.3 is 6.18 Å². The van der Waals surface area contributed by atoms with E-state index >= 15 is 0 Å². The van der Waals surface area contributed by atoms with Gasteiger partial charge in [0.25, 0.3) is 5.92 Å². The van der Waals surface area contributed by atoms with Crippen LogP contribution in [0.2, 0.25) is 0 Å². The molecule has 1 aliphatic rings. The Morgan fingerprint density at radius 1 is 1.24 bits per heavy atom. The number of halogens is 6. The first-order valence-electron chi connectivity index (χ1n) is 7.33. The van der Waals surface area contributed by atoms with Crippen molar-refractivity contribution in [3.8, 4) is 5.69 Å². The highest BCUT2D eigenvalue weighted by Crippen LogP contribution is 2.48. The Bertz CT molecular complexity index is 812. The molecule has 0 bridgehead atoms. The number of alkyl halides is 5. The maximum atomic E-state index is 13.7. The Hall–Kier alpha value is -2.00. The second kappa shape index (κ2) is 5.77. The van der Waals surface area contributed by atoms with E-state index in [9.17, 15) is 31.4 Å². The number of fused-ring (bicyclic) bond motifs is 1. The highest BCUT2D eigenvalue weighted by Gasteiger charge is 2.50. The van der Waals surface area contributed by atoms with Gasteiger partial charge in [0.2, 0.25) is 0 Å². The Kier molecular flexibility index (Phi) is 4.11. The van der Waals surface area contributed by atoms with E-state index in [2.05, 4.69) is 0 Å². The van der Waals surface area contributed by atoms with E-state index in [1.807, 2.05) is 0 Å². The monoisotopic (exact) mass is 365 g/mol. The zero-order chi connectivity index (χ0) is 18.6. The van der Waals surface area contributed by atoms with Crippen LogP contribution in [0.4, 0.5) is 26.3 Å². The largest absolute Gasteiger partial charge is 0.418 e. The van der Waals surface area contributed by atoms with Gasteiger partial charge in [0.15, 0.2) is 0 Å². The zero-order valence-electron chi connectivity index (χ0n) is 12.6. The van der Waals surface area contributed by atoms with Crippen molar-refractivity contribution in [2.75, 3.05) is 0 Å². The average Bonchev–Trinajstić information content (AvgIpc) is 2.92. The highest BCUT2D eigenvalue weighted by molar-refractivity contribution is 5.47. The second-order valence-corrected chi connectivity index (χ2v) is 5.87. The summed E-state index contributed by atoms with van der Waals surface area (Å²) in [7, 11) is 0. The molecule has 1 aliphatic carbocycles. The van der Waals surface area contributed by atoms with Gasteiger partial charge in [-0.25, -0.2) is 13.2 Å². The van der Waals surface area contributed by atoms with Gasteiger partial charge in [-0.3, -0.25) is 0 Å². The van der Waals surface area contributed by atoms with Crippen LogP contribution in [0.3, 0.4) is 0 Å². The van der Waals surface area contributed by atoms with Crippen molar-refractivity contribution in [2.24, 2.45) is 0 Å². The molecule has 0 aliphatic heterocycles. The molecule has 1 aromatic heterocycles. The molecule has 1 unspecified atom stereocenters. The number of hydrogen-bond donors (Lipinski definition) is 2. The molecule has 0 radical (unpaired) electrons. The van der Waals surface area contributed by atoms with Gasteiger partial charge in [-0.1, -0.05) is 0 Å². The maximum Gasteiger partial charge on any atom is 0.418 e. The summed E-state index contributed by atoms with van der Waals surface area (Å²) in [6.07, 6.45) is -8.10. The number of aliphatic hydroxyl groups is 2. The molecule has 0 spiro atoms. The van der Waals surface area contributed by atoms with Crippen LogP contribution < -0.4 is 0 Å². The third-order valence-electron chi connectivity index (χ3n) is 4.30. The molecular weight excluding hydrogens is 352 g/mol. The molecular formula is C16H13F6NO2. The second-order valence-electron chi connectivity index (χ2n) is 5.87. The van der Waals surface area contributed by atoms with Crippen LogP contribution >= 0.6 is 0 Å². The van der Waals surface area contributed by atoms with Crippen LogP contribution in [-0.4, -0.2) is 20.7 Å². The summed E-state index contributed by atoms with van der Waals surface area (Å²) in [6, 6.07) is 3.28. The number of hydrogen-bond acceptors (Lipinski definition) is 2. The first-order valence-corrected chi connectivity index (χ1v) is 7.33. The Labute approximate surface area is 138 Å². The number of rotatable bonds is 2. The van der Waals surface area contributed by atoms with Crippen LogP contribution in [0.15, 0.2) is 24.4 Å². The van der Waals surface area contributed by atoms with Crippen molar-refractivity contribution in [1.29, 1.82) is 0 Å². The third-order valence-corrected chi connectivity index (χ3v) is 4.30.